The van der Waals surface area contributed by atoms with Crippen molar-refractivity contribution in [2.45, 2.75) is 19.4 Å². The number of benzene rings is 2. The van der Waals surface area contributed by atoms with Crippen LogP contribution >= 0.6 is 0 Å². The summed E-state index contributed by atoms with van der Waals surface area (Å²) < 4.78 is 0. The topological polar surface area (TPSA) is 64.9 Å². The fourth-order valence-electron chi connectivity index (χ4n) is 4.26. The van der Waals surface area contributed by atoms with E-state index in [1.165, 1.54) is 0 Å². The van der Waals surface area contributed by atoms with Gasteiger partial charge in [0.2, 0.25) is 11.9 Å². The predicted molar refractivity (Wildman–Crippen MR) is 126 cm³/mol. The fourth-order valence-corrected chi connectivity index (χ4v) is 4.26. The number of aromatic nitrogens is 2. The summed E-state index contributed by atoms with van der Waals surface area (Å²) >= 11 is 0. The zero-order chi connectivity index (χ0) is 21.9. The van der Waals surface area contributed by atoms with E-state index in [4.69, 9.17) is 4.99 Å². The molecule has 1 fully saturated rings. The van der Waals surface area contributed by atoms with E-state index in [1.54, 1.807) is 17.3 Å². The average molecular weight is 427 g/mol. The number of hydrogen-bond acceptors (Lipinski definition) is 6. The maximum atomic E-state index is 13.5. The van der Waals surface area contributed by atoms with Crippen LogP contribution in [0.25, 0.3) is 0 Å². The van der Waals surface area contributed by atoms with Crippen molar-refractivity contribution in [2.24, 2.45) is 4.99 Å². The van der Waals surface area contributed by atoms with Gasteiger partial charge in [0.05, 0.1) is 5.69 Å². The minimum Gasteiger partial charge on any atom is -0.339 e. The number of piperazine rings is 1. The Labute approximate surface area is 188 Å². The Morgan fingerprint density at radius 3 is 2.31 bits per heavy atom. The van der Waals surface area contributed by atoms with Crippen molar-refractivity contribution < 1.29 is 4.79 Å². The Kier molecular flexibility index (Phi) is 5.54. The quantitative estimate of drug-likeness (QED) is 0.642. The number of aliphatic imine (C=N–C) groups is 1. The lowest BCUT2D eigenvalue weighted by molar-refractivity contribution is -0.118. The first kappa shape index (κ1) is 20.2. The third-order valence-electron chi connectivity index (χ3n) is 5.91. The van der Waals surface area contributed by atoms with Crippen LogP contribution in [0.15, 0.2) is 78.0 Å². The highest BCUT2D eigenvalue weighted by molar-refractivity contribution is 6.22. The summed E-state index contributed by atoms with van der Waals surface area (Å²) in [6.07, 6.45) is 4.13. The van der Waals surface area contributed by atoms with Crippen molar-refractivity contribution in [3.8, 4) is 0 Å². The third kappa shape index (κ3) is 4.06. The third-order valence-corrected chi connectivity index (χ3v) is 5.91. The molecule has 0 saturated carbocycles. The van der Waals surface area contributed by atoms with Crippen LogP contribution in [0.4, 0.5) is 11.6 Å². The molecule has 3 heterocycles. The molecule has 162 valence electrons. The van der Waals surface area contributed by atoms with Crippen LogP contribution in [0.1, 0.15) is 11.1 Å². The number of rotatable bonds is 4. The van der Waals surface area contributed by atoms with E-state index in [-0.39, 0.29) is 5.91 Å². The number of aryl methyl sites for hydroxylation is 1. The van der Waals surface area contributed by atoms with Gasteiger partial charge in [-0.25, -0.2) is 19.9 Å². The maximum absolute atomic E-state index is 13.5. The molecule has 0 N–H and O–H groups in total. The van der Waals surface area contributed by atoms with E-state index in [1.807, 2.05) is 55.5 Å². The number of carbonyl (C=O) groups excluding carboxylic acids is 1. The normalized spacial score (nSPS) is 18.8. The summed E-state index contributed by atoms with van der Waals surface area (Å²) in [5.74, 6) is 1.52. The van der Waals surface area contributed by atoms with Gasteiger partial charge in [-0.3, -0.25) is 4.79 Å². The molecule has 0 bridgehead atoms. The van der Waals surface area contributed by atoms with Crippen LogP contribution in [0.2, 0.25) is 0 Å². The lowest BCUT2D eigenvalue weighted by Crippen LogP contribution is -2.53. The SMILES string of the molecule is Cc1cccc(N2C(=O)C(Cc3ccccc3)N=C2N2CCN(c3ncccn3)CC2)c1. The van der Waals surface area contributed by atoms with Gasteiger partial charge in [0.25, 0.3) is 5.91 Å². The van der Waals surface area contributed by atoms with Crippen molar-refractivity contribution in [3.63, 3.8) is 0 Å². The second kappa shape index (κ2) is 8.78. The van der Waals surface area contributed by atoms with E-state index in [9.17, 15) is 4.79 Å². The van der Waals surface area contributed by atoms with Crippen LogP contribution in [0.5, 0.6) is 0 Å². The highest BCUT2D eigenvalue weighted by Gasteiger charge is 2.39. The van der Waals surface area contributed by atoms with E-state index in [2.05, 4.69) is 31.9 Å². The first-order chi connectivity index (χ1) is 15.7. The Morgan fingerprint density at radius 2 is 1.59 bits per heavy atom. The molecule has 3 aromatic rings. The van der Waals surface area contributed by atoms with Gasteiger partial charge in [0.1, 0.15) is 6.04 Å². The number of amides is 1. The molecule has 5 rings (SSSR count). The summed E-state index contributed by atoms with van der Waals surface area (Å²) in [7, 11) is 0. The van der Waals surface area contributed by atoms with Crippen molar-refractivity contribution >= 4 is 23.5 Å². The van der Waals surface area contributed by atoms with Crippen molar-refractivity contribution in [2.75, 3.05) is 36.0 Å². The lowest BCUT2D eigenvalue weighted by atomic mass is 10.1. The molecule has 1 aromatic heterocycles. The molecule has 1 saturated heterocycles. The first-order valence-corrected chi connectivity index (χ1v) is 11.0. The molecule has 1 amide bonds. The number of guanidine groups is 1. The fraction of sp³-hybridized carbons (Fsp3) is 0.280. The minimum absolute atomic E-state index is 0.0308. The Hall–Kier alpha value is -3.74. The molecule has 2 aliphatic rings. The number of anilines is 2. The smallest absolute Gasteiger partial charge is 0.259 e. The molecule has 0 radical (unpaired) electrons. The lowest BCUT2D eigenvalue weighted by Gasteiger charge is -2.37. The highest BCUT2D eigenvalue weighted by atomic mass is 16.2. The van der Waals surface area contributed by atoms with Gasteiger partial charge >= 0.3 is 0 Å². The molecule has 7 nitrogen and oxygen atoms in total. The summed E-state index contributed by atoms with van der Waals surface area (Å²) in [5.41, 5.74) is 3.11. The Bertz CT molecular complexity index is 1110. The molecule has 1 unspecified atom stereocenters. The maximum Gasteiger partial charge on any atom is 0.259 e. The Morgan fingerprint density at radius 1 is 0.875 bits per heavy atom. The summed E-state index contributed by atoms with van der Waals surface area (Å²) in [6, 6.07) is 19.6. The number of carbonyl (C=O) groups is 1. The van der Waals surface area contributed by atoms with Crippen LogP contribution in [0.3, 0.4) is 0 Å². The van der Waals surface area contributed by atoms with Crippen LogP contribution in [-0.2, 0) is 11.2 Å². The van der Waals surface area contributed by atoms with Gasteiger partial charge in [-0.2, -0.15) is 0 Å². The molecule has 0 aliphatic carbocycles. The second-order valence-electron chi connectivity index (χ2n) is 8.17. The van der Waals surface area contributed by atoms with Crippen LogP contribution in [-0.4, -0.2) is 59.0 Å². The van der Waals surface area contributed by atoms with E-state index >= 15 is 0 Å². The minimum atomic E-state index is -0.414. The van der Waals surface area contributed by atoms with Gasteiger partial charge in [-0.15, -0.1) is 0 Å². The molecular formula is C25H26N6O. The summed E-state index contributed by atoms with van der Waals surface area (Å²) in [4.78, 5) is 33.4. The van der Waals surface area contributed by atoms with Gasteiger partial charge in [0, 0.05) is 45.0 Å². The van der Waals surface area contributed by atoms with Gasteiger partial charge < -0.3 is 9.80 Å². The average Bonchev–Trinajstić information content (AvgIpc) is 3.16. The van der Waals surface area contributed by atoms with E-state index in [0.717, 1.165) is 54.9 Å². The molecule has 0 spiro atoms. The largest absolute Gasteiger partial charge is 0.339 e. The standard InChI is InChI=1S/C25H26N6O/c1-19-7-5-10-21(17-19)31-23(32)22(18-20-8-3-2-4-9-20)28-25(31)30-15-13-29(14-16-30)24-26-11-6-12-27-24/h2-12,17,22H,13-16,18H2,1H3. The van der Waals surface area contributed by atoms with Crippen molar-refractivity contribution in [1.29, 1.82) is 0 Å². The molecule has 1 atom stereocenters. The number of nitrogens with zero attached hydrogens (tertiary/aromatic N) is 6. The summed E-state index contributed by atoms with van der Waals surface area (Å²) in [6.45, 7) is 5.11. The highest BCUT2D eigenvalue weighted by Crippen LogP contribution is 2.26. The van der Waals surface area contributed by atoms with Gasteiger partial charge in [-0.1, -0.05) is 42.5 Å². The first-order valence-electron chi connectivity index (χ1n) is 11.0. The second-order valence-corrected chi connectivity index (χ2v) is 8.17. The molecule has 2 aliphatic heterocycles. The van der Waals surface area contributed by atoms with E-state index in [0.29, 0.717) is 6.42 Å². The van der Waals surface area contributed by atoms with E-state index < -0.39 is 6.04 Å². The monoisotopic (exact) mass is 426 g/mol. The van der Waals surface area contributed by atoms with Crippen molar-refractivity contribution in [1.82, 2.24) is 14.9 Å². The molecule has 7 heteroatoms. The zero-order valence-corrected chi connectivity index (χ0v) is 18.1. The molecular weight excluding hydrogens is 400 g/mol. The van der Waals surface area contributed by atoms with Gasteiger partial charge in [-0.05, 0) is 36.2 Å². The predicted octanol–water partition coefficient (Wildman–Crippen LogP) is 2.92. The Balaban J connectivity index is 1.40. The molecule has 2 aromatic carbocycles. The summed E-state index contributed by atoms with van der Waals surface area (Å²) in [5, 5.41) is 0. The van der Waals surface area contributed by atoms with Crippen molar-refractivity contribution in [3.05, 3.63) is 84.2 Å². The van der Waals surface area contributed by atoms with Crippen LogP contribution in [0, 0.1) is 6.92 Å². The molecule has 32 heavy (non-hydrogen) atoms. The zero-order valence-electron chi connectivity index (χ0n) is 18.1. The van der Waals surface area contributed by atoms with Crippen LogP contribution < -0.4 is 9.80 Å². The number of hydrogen-bond donors (Lipinski definition) is 0. The van der Waals surface area contributed by atoms with Gasteiger partial charge in [0.15, 0.2) is 0 Å².